The summed E-state index contributed by atoms with van der Waals surface area (Å²) in [6.07, 6.45) is -57.3. The molecule has 4 nitrogen and oxygen atoms in total. The van der Waals surface area contributed by atoms with Crippen LogP contribution in [0, 0.1) is 0 Å². The van der Waals surface area contributed by atoms with Crippen molar-refractivity contribution in [3.8, 4) is 0 Å². The topological polar surface area (TPSA) is 36.9 Å². The zero-order valence-corrected chi connectivity index (χ0v) is 18.6. The Bertz CT molecular complexity index is 734. The van der Waals surface area contributed by atoms with Gasteiger partial charge in [-0.1, -0.05) is 0 Å². The van der Waals surface area contributed by atoms with Gasteiger partial charge in [-0.05, 0) is 0 Å². The Morgan fingerprint density at radius 2 is 0.429 bits per heavy atom. The van der Waals surface area contributed by atoms with E-state index in [9.17, 15) is 105 Å². The zero-order chi connectivity index (χ0) is 33.6. The van der Waals surface area contributed by atoms with E-state index in [4.69, 9.17) is 0 Å². The molecule has 0 heterocycles. The van der Waals surface area contributed by atoms with Crippen LogP contribution in [0.5, 0.6) is 0 Å². The van der Waals surface area contributed by atoms with E-state index in [-0.39, 0.29) is 18.9 Å². The second kappa shape index (κ2) is 12.7. The van der Waals surface area contributed by atoms with Crippen LogP contribution in [0.3, 0.4) is 0 Å². The van der Waals surface area contributed by atoms with Gasteiger partial charge in [0.15, 0.2) is 0 Å². The van der Waals surface area contributed by atoms with E-state index in [1.807, 2.05) is 18.6 Å². The average molecular weight is 686 g/mol. The summed E-state index contributed by atoms with van der Waals surface area (Å²) in [7, 11) is 0. The van der Waals surface area contributed by atoms with Gasteiger partial charge in [0.25, 0.3) is 0 Å². The molecular weight excluding hydrogens is 682 g/mol. The molecule has 30 heteroatoms. The molecule has 0 aromatic carbocycles. The SMILES string of the molecule is FC(F)C(F)(O[B-](OC(F)(C(F)F)C(F)(F)F)(OC(F)(C(F)F)C(F)(F)F)OC(F)(C(F)F)C(F)(F)F)C(F)(F)F.[Li+]. The minimum atomic E-state index is -9.11. The van der Waals surface area contributed by atoms with Crippen LogP contribution in [0.2, 0.25) is 0 Å². The first-order valence-electron chi connectivity index (χ1n) is 8.68. The molecule has 0 rings (SSSR count). The largest absolute Gasteiger partial charge is 1.00 e. The minimum Gasteiger partial charge on any atom is -0.478 e. The Labute approximate surface area is 224 Å². The molecule has 0 aromatic rings. The summed E-state index contributed by atoms with van der Waals surface area (Å²) in [4.78, 5) is 0. The molecule has 0 N–H and O–H groups in total. The molecule has 0 amide bonds. The average Bonchev–Trinajstić information content (AvgIpc) is 2.69. The van der Waals surface area contributed by atoms with Crippen molar-refractivity contribution < 1.29 is 143 Å². The van der Waals surface area contributed by atoms with Gasteiger partial charge in [0, 0.05) is 0 Å². The Hall–Kier alpha value is -1.18. The minimum absolute atomic E-state index is 0. The first-order chi connectivity index (χ1) is 17.6. The third-order valence-corrected chi connectivity index (χ3v) is 3.93. The summed E-state index contributed by atoms with van der Waals surface area (Å²) < 4.78 is 320. The molecule has 0 spiro atoms. The maximum atomic E-state index is 14.0. The van der Waals surface area contributed by atoms with Crippen molar-refractivity contribution in [1.82, 2.24) is 0 Å². The van der Waals surface area contributed by atoms with E-state index < -0.39 is 80.8 Å². The van der Waals surface area contributed by atoms with Gasteiger partial charge in [-0.25, -0.2) is 35.1 Å². The Morgan fingerprint density at radius 1 is 0.310 bits per heavy atom. The first-order valence-corrected chi connectivity index (χ1v) is 8.68. The molecule has 0 aliphatic rings. The second-order valence-corrected chi connectivity index (χ2v) is 6.82. The summed E-state index contributed by atoms with van der Waals surface area (Å²) in [6, 6.07) is 0. The summed E-state index contributed by atoms with van der Waals surface area (Å²) >= 11 is 0. The molecule has 0 saturated heterocycles. The van der Waals surface area contributed by atoms with Crippen LogP contribution >= 0.6 is 0 Å². The van der Waals surface area contributed by atoms with E-state index >= 15 is 0 Å². The Kier molecular flexibility index (Phi) is 13.0. The van der Waals surface area contributed by atoms with Gasteiger partial charge in [0.1, 0.15) is 0 Å². The van der Waals surface area contributed by atoms with E-state index in [0.717, 1.165) is 0 Å². The molecule has 0 aliphatic heterocycles. The molecule has 0 bridgehead atoms. The first kappa shape index (κ1) is 43.0. The van der Waals surface area contributed by atoms with Gasteiger partial charge in [-0.15, -0.1) is 0 Å². The van der Waals surface area contributed by atoms with Crippen molar-refractivity contribution in [3.63, 3.8) is 0 Å². The molecule has 0 aliphatic carbocycles. The maximum Gasteiger partial charge on any atom is 1.00 e. The van der Waals surface area contributed by atoms with Crippen LogP contribution in [0.15, 0.2) is 0 Å². The normalized spacial score (nSPS) is 21.4. The van der Waals surface area contributed by atoms with Crippen molar-refractivity contribution in [1.29, 1.82) is 0 Å². The predicted molar refractivity (Wildman–Crippen MR) is 73.7 cm³/mol. The number of hydrogen-bond acceptors (Lipinski definition) is 4. The molecule has 42 heavy (non-hydrogen) atoms. The van der Waals surface area contributed by atoms with Crippen molar-refractivity contribution in [3.05, 3.63) is 0 Å². The Balaban J connectivity index is 0. The third-order valence-electron chi connectivity index (χ3n) is 3.93. The van der Waals surface area contributed by atoms with E-state index in [2.05, 4.69) is 0 Å². The van der Waals surface area contributed by atoms with Crippen LogP contribution < -0.4 is 18.9 Å². The van der Waals surface area contributed by atoms with Crippen LogP contribution in [0.25, 0.3) is 0 Å². The summed E-state index contributed by atoms with van der Waals surface area (Å²) in [5.41, 5.74) is 0. The molecular formula is C12H4BF24LiO4. The van der Waals surface area contributed by atoms with Gasteiger partial charge >= 0.3 is 99.6 Å². The fourth-order valence-corrected chi connectivity index (χ4v) is 1.95. The molecule has 0 aromatic heterocycles. The van der Waals surface area contributed by atoms with E-state index in [0.29, 0.717) is 0 Å². The molecule has 4 unspecified atom stereocenters. The molecule has 0 fully saturated rings. The van der Waals surface area contributed by atoms with Gasteiger partial charge in [0.2, 0.25) is 0 Å². The molecule has 4 atom stereocenters. The van der Waals surface area contributed by atoms with Crippen LogP contribution in [0.1, 0.15) is 0 Å². The number of hydrogen-bond donors (Lipinski definition) is 0. The van der Waals surface area contributed by atoms with E-state index in [1.165, 1.54) is 0 Å². The van der Waals surface area contributed by atoms with Gasteiger partial charge in [-0.2, -0.15) is 70.2 Å². The van der Waals surface area contributed by atoms with Crippen LogP contribution in [-0.4, -0.2) is 80.8 Å². The molecule has 0 saturated carbocycles. The smallest absolute Gasteiger partial charge is 0.478 e. The van der Waals surface area contributed by atoms with Gasteiger partial charge in [-0.3, -0.25) is 0 Å². The zero-order valence-electron chi connectivity index (χ0n) is 18.6. The van der Waals surface area contributed by atoms with Crippen molar-refractivity contribution in [2.75, 3.05) is 0 Å². The molecule has 248 valence electrons. The fraction of sp³-hybridized carbons (Fsp3) is 1.00. The van der Waals surface area contributed by atoms with E-state index in [1.54, 1.807) is 0 Å². The van der Waals surface area contributed by atoms with Crippen molar-refractivity contribution in [2.45, 2.75) is 73.8 Å². The number of rotatable bonds is 12. The quantitative estimate of drug-likeness (QED) is 0.225. The van der Waals surface area contributed by atoms with Gasteiger partial charge in [0.05, 0.1) is 0 Å². The summed E-state index contributed by atoms with van der Waals surface area (Å²) in [6.45, 7) is -9.11. The monoisotopic (exact) mass is 686 g/mol. The number of halogens is 24. The summed E-state index contributed by atoms with van der Waals surface area (Å²) in [5.74, 6) is -31.2. The standard InChI is InChI=1S/C12H4BF24O4.Li/c14-1(15)5(22,9(26,27)28)38-13(39-6(23,2(16)17)10(29,30)31,40-7(24,3(18)19)11(32,33)34)41-8(25,4(20)21)12(35,36)37;/h1-4H;/q-1;+1. The Morgan fingerprint density at radius 3 is 0.500 bits per heavy atom. The predicted octanol–water partition coefficient (Wildman–Crippen LogP) is 4.47. The fourth-order valence-electron chi connectivity index (χ4n) is 1.95. The maximum absolute atomic E-state index is 14.0. The van der Waals surface area contributed by atoms with Gasteiger partial charge < -0.3 is 18.6 Å². The second-order valence-electron chi connectivity index (χ2n) is 6.82. The number of alkyl halides is 24. The van der Waals surface area contributed by atoms with Crippen LogP contribution in [0.4, 0.5) is 105 Å². The molecule has 0 radical (unpaired) electrons. The van der Waals surface area contributed by atoms with Crippen LogP contribution in [-0.2, 0) is 18.6 Å². The third kappa shape index (κ3) is 8.10. The summed E-state index contributed by atoms with van der Waals surface area (Å²) in [5, 5.41) is 0. The van der Waals surface area contributed by atoms with Crippen molar-refractivity contribution in [2.24, 2.45) is 0 Å². The van der Waals surface area contributed by atoms with Crippen molar-refractivity contribution >= 4 is 6.96 Å².